The lowest BCUT2D eigenvalue weighted by Gasteiger charge is -2.05. The van der Waals surface area contributed by atoms with Crippen LogP contribution >= 0.6 is 0 Å². The zero-order chi connectivity index (χ0) is 11.4. The molecule has 0 aliphatic carbocycles. The van der Waals surface area contributed by atoms with Gasteiger partial charge in [-0.3, -0.25) is 4.79 Å². The zero-order valence-electron chi connectivity index (χ0n) is 8.63. The molecule has 0 unspecified atom stereocenters. The smallest absolute Gasteiger partial charge is 0.181 e. The molecule has 3 heteroatoms. The number of pyridine rings is 1. The number of benzene rings is 1. The van der Waals surface area contributed by atoms with Gasteiger partial charge < -0.3 is 4.57 Å². The van der Waals surface area contributed by atoms with Gasteiger partial charge in [-0.15, -0.1) is 0 Å². The van der Waals surface area contributed by atoms with Crippen LogP contribution < -0.4 is 5.43 Å². The van der Waals surface area contributed by atoms with Gasteiger partial charge in [0.05, 0.1) is 11.6 Å². The maximum atomic E-state index is 10.9. The molecule has 0 spiro atoms. The number of aromatic nitrogens is 1. The number of nitriles is 1. The van der Waals surface area contributed by atoms with E-state index in [-0.39, 0.29) is 5.43 Å². The van der Waals surface area contributed by atoms with Gasteiger partial charge in [0.15, 0.2) is 5.43 Å². The van der Waals surface area contributed by atoms with E-state index in [2.05, 4.69) is 6.07 Å². The maximum Gasteiger partial charge on any atom is 0.181 e. The average Bonchev–Trinajstić information content (AvgIpc) is 2.32. The molecule has 78 valence electrons. The van der Waals surface area contributed by atoms with E-state index in [1.165, 1.54) is 12.1 Å². The highest BCUT2D eigenvalue weighted by atomic mass is 16.1. The lowest BCUT2D eigenvalue weighted by molar-refractivity contribution is 0.788. The first-order valence-electron chi connectivity index (χ1n) is 4.93. The Morgan fingerprint density at radius 3 is 2.62 bits per heavy atom. The summed E-state index contributed by atoms with van der Waals surface area (Å²) in [5, 5.41) is 8.77. The normalized spacial score (nSPS) is 9.69. The largest absolute Gasteiger partial charge is 0.350 e. The van der Waals surface area contributed by atoms with Crippen LogP contribution in [-0.2, 0) is 6.54 Å². The van der Waals surface area contributed by atoms with Gasteiger partial charge in [-0.25, -0.2) is 0 Å². The molecule has 3 nitrogen and oxygen atoms in total. The Balaban J connectivity index is 2.24. The van der Waals surface area contributed by atoms with E-state index in [1.807, 2.05) is 22.8 Å². The van der Waals surface area contributed by atoms with E-state index in [0.29, 0.717) is 12.1 Å². The van der Waals surface area contributed by atoms with E-state index in [9.17, 15) is 4.79 Å². The summed E-state index contributed by atoms with van der Waals surface area (Å²) in [6, 6.07) is 12.6. The van der Waals surface area contributed by atoms with Crippen molar-refractivity contribution >= 4 is 0 Å². The Labute approximate surface area is 93.2 Å². The maximum absolute atomic E-state index is 10.9. The van der Waals surface area contributed by atoms with Gasteiger partial charge in [0.2, 0.25) is 0 Å². The molecule has 2 aromatic rings. The van der Waals surface area contributed by atoms with E-state index >= 15 is 0 Å². The molecule has 0 radical (unpaired) electrons. The summed E-state index contributed by atoms with van der Waals surface area (Å²) in [5.74, 6) is 0. The predicted octanol–water partition coefficient (Wildman–Crippen LogP) is 1.77. The quantitative estimate of drug-likeness (QED) is 0.758. The van der Waals surface area contributed by atoms with Crippen LogP contribution in [0.2, 0.25) is 0 Å². The molecule has 0 atom stereocenters. The van der Waals surface area contributed by atoms with E-state index in [1.54, 1.807) is 18.5 Å². The second-order valence-electron chi connectivity index (χ2n) is 3.52. The van der Waals surface area contributed by atoms with Crippen molar-refractivity contribution in [3.05, 3.63) is 70.1 Å². The Morgan fingerprint density at radius 2 is 1.94 bits per heavy atom. The fourth-order valence-corrected chi connectivity index (χ4v) is 1.50. The van der Waals surface area contributed by atoms with Crippen molar-refractivity contribution in [2.75, 3.05) is 0 Å². The monoisotopic (exact) mass is 210 g/mol. The minimum absolute atomic E-state index is 0.00188. The van der Waals surface area contributed by atoms with Gasteiger partial charge in [-0.1, -0.05) is 12.1 Å². The van der Waals surface area contributed by atoms with Crippen molar-refractivity contribution in [2.45, 2.75) is 6.54 Å². The minimum atomic E-state index is 0.00188. The Morgan fingerprint density at radius 1 is 1.19 bits per heavy atom. The molecule has 0 aliphatic heterocycles. The molecule has 2 rings (SSSR count). The SMILES string of the molecule is N#Cc1cccc(Cn2ccc(=O)cc2)c1. The average molecular weight is 210 g/mol. The molecule has 0 amide bonds. The van der Waals surface area contributed by atoms with Gasteiger partial charge in [0.25, 0.3) is 0 Å². The Hall–Kier alpha value is -2.34. The van der Waals surface area contributed by atoms with Gasteiger partial charge in [0, 0.05) is 31.1 Å². The third-order valence-corrected chi connectivity index (χ3v) is 2.28. The van der Waals surface area contributed by atoms with Crippen LogP contribution in [0.25, 0.3) is 0 Å². The summed E-state index contributed by atoms with van der Waals surface area (Å²) in [6.07, 6.45) is 3.47. The molecule has 0 saturated heterocycles. The van der Waals surface area contributed by atoms with Gasteiger partial charge in [0.1, 0.15) is 0 Å². The number of hydrogen-bond donors (Lipinski definition) is 0. The van der Waals surface area contributed by atoms with Crippen molar-refractivity contribution in [3.8, 4) is 6.07 Å². The van der Waals surface area contributed by atoms with E-state index in [4.69, 9.17) is 5.26 Å². The van der Waals surface area contributed by atoms with E-state index in [0.717, 1.165) is 5.56 Å². The second-order valence-corrected chi connectivity index (χ2v) is 3.52. The molecule has 0 aliphatic rings. The van der Waals surface area contributed by atoms with Crippen molar-refractivity contribution in [1.82, 2.24) is 4.57 Å². The minimum Gasteiger partial charge on any atom is -0.350 e. The predicted molar refractivity (Wildman–Crippen MR) is 61.0 cm³/mol. The summed E-state index contributed by atoms with van der Waals surface area (Å²) in [4.78, 5) is 10.9. The van der Waals surface area contributed by atoms with Crippen molar-refractivity contribution in [2.24, 2.45) is 0 Å². The van der Waals surface area contributed by atoms with Gasteiger partial charge in [-0.05, 0) is 17.7 Å². The molecule has 0 N–H and O–H groups in total. The number of nitrogens with zero attached hydrogens (tertiary/aromatic N) is 2. The molecular weight excluding hydrogens is 200 g/mol. The highest BCUT2D eigenvalue weighted by molar-refractivity contribution is 5.32. The fraction of sp³-hybridized carbons (Fsp3) is 0.0769. The van der Waals surface area contributed by atoms with E-state index < -0.39 is 0 Å². The molecule has 0 bridgehead atoms. The number of hydrogen-bond acceptors (Lipinski definition) is 2. The third kappa shape index (κ3) is 2.37. The summed E-state index contributed by atoms with van der Waals surface area (Å²) in [7, 11) is 0. The topological polar surface area (TPSA) is 45.8 Å². The third-order valence-electron chi connectivity index (χ3n) is 2.28. The molecule has 0 saturated carbocycles. The van der Waals surface area contributed by atoms with Gasteiger partial charge >= 0.3 is 0 Å². The van der Waals surface area contributed by atoms with Crippen molar-refractivity contribution < 1.29 is 0 Å². The standard InChI is InChI=1S/C13H10N2O/c14-9-11-2-1-3-12(8-11)10-15-6-4-13(16)5-7-15/h1-8H,10H2. The van der Waals surface area contributed by atoms with Crippen molar-refractivity contribution in [3.63, 3.8) is 0 Å². The lowest BCUT2D eigenvalue weighted by Crippen LogP contribution is -2.04. The first-order valence-corrected chi connectivity index (χ1v) is 4.93. The van der Waals surface area contributed by atoms with Gasteiger partial charge in [-0.2, -0.15) is 5.26 Å². The molecule has 1 aromatic heterocycles. The van der Waals surface area contributed by atoms with Crippen LogP contribution in [0.4, 0.5) is 0 Å². The van der Waals surface area contributed by atoms with Crippen LogP contribution in [0.1, 0.15) is 11.1 Å². The number of rotatable bonds is 2. The molecule has 1 heterocycles. The lowest BCUT2D eigenvalue weighted by atomic mass is 10.1. The van der Waals surface area contributed by atoms with Crippen LogP contribution in [0, 0.1) is 11.3 Å². The van der Waals surface area contributed by atoms with Crippen LogP contribution in [-0.4, -0.2) is 4.57 Å². The summed E-state index contributed by atoms with van der Waals surface area (Å²) >= 11 is 0. The molecule has 0 fully saturated rings. The van der Waals surface area contributed by atoms with Crippen LogP contribution in [0.3, 0.4) is 0 Å². The highest BCUT2D eigenvalue weighted by Gasteiger charge is 1.95. The molecular formula is C13H10N2O. The Bertz CT molecular complexity index is 573. The Kier molecular flexibility index (Phi) is 2.84. The van der Waals surface area contributed by atoms with Crippen LogP contribution in [0.15, 0.2) is 53.6 Å². The first kappa shape index (κ1) is 10.2. The van der Waals surface area contributed by atoms with Crippen molar-refractivity contribution in [1.29, 1.82) is 5.26 Å². The first-order chi connectivity index (χ1) is 7.78. The second kappa shape index (κ2) is 4.45. The zero-order valence-corrected chi connectivity index (χ0v) is 8.63. The summed E-state index contributed by atoms with van der Waals surface area (Å²) < 4.78 is 1.90. The fourth-order valence-electron chi connectivity index (χ4n) is 1.50. The van der Waals surface area contributed by atoms with Crippen LogP contribution in [0.5, 0.6) is 0 Å². The highest BCUT2D eigenvalue weighted by Crippen LogP contribution is 2.05. The molecule has 16 heavy (non-hydrogen) atoms. The molecule has 1 aromatic carbocycles. The summed E-state index contributed by atoms with van der Waals surface area (Å²) in [5.41, 5.74) is 1.70. The summed E-state index contributed by atoms with van der Waals surface area (Å²) in [6.45, 7) is 0.662.